The number of hydrogen-bond donors (Lipinski definition) is 2. The number of benzene rings is 2. The Bertz CT molecular complexity index is 625. The molecular weight excluding hydrogens is 302 g/mol. The van der Waals surface area contributed by atoms with Gasteiger partial charge in [-0.2, -0.15) is 0 Å². The molecule has 2 atom stereocenters. The molecule has 0 saturated carbocycles. The van der Waals surface area contributed by atoms with Gasteiger partial charge in [-0.3, -0.25) is 4.79 Å². The van der Waals surface area contributed by atoms with Crippen LogP contribution in [0.5, 0.6) is 5.75 Å². The molecule has 0 fully saturated rings. The van der Waals surface area contributed by atoms with Crippen LogP contribution >= 0.6 is 0 Å². The molecule has 0 spiro atoms. The van der Waals surface area contributed by atoms with Crippen molar-refractivity contribution in [3.05, 3.63) is 65.7 Å². The van der Waals surface area contributed by atoms with E-state index in [4.69, 9.17) is 4.74 Å². The molecule has 2 aromatic rings. The van der Waals surface area contributed by atoms with E-state index in [1.54, 1.807) is 7.11 Å². The number of aliphatic hydroxyl groups excluding tert-OH is 1. The topological polar surface area (TPSA) is 58.6 Å². The van der Waals surface area contributed by atoms with Gasteiger partial charge >= 0.3 is 0 Å². The predicted octanol–water partition coefficient (Wildman–Crippen LogP) is 2.59. The van der Waals surface area contributed by atoms with Crippen molar-refractivity contribution in [3.8, 4) is 5.75 Å². The summed E-state index contributed by atoms with van der Waals surface area (Å²) < 4.78 is 5.13. The molecule has 2 unspecified atom stereocenters. The van der Waals surface area contributed by atoms with Crippen LogP contribution in [0.15, 0.2) is 54.6 Å². The van der Waals surface area contributed by atoms with Crippen molar-refractivity contribution in [2.24, 2.45) is 5.92 Å². The summed E-state index contributed by atoms with van der Waals surface area (Å²) in [7, 11) is 1.63. The molecule has 128 valence electrons. The third-order valence-corrected chi connectivity index (χ3v) is 3.97. The van der Waals surface area contributed by atoms with E-state index in [-0.39, 0.29) is 18.4 Å². The first kappa shape index (κ1) is 18.0. The normalized spacial score (nSPS) is 13.1. The Kier molecular flexibility index (Phi) is 6.82. The molecule has 0 aliphatic carbocycles. The van der Waals surface area contributed by atoms with Crippen LogP contribution < -0.4 is 10.1 Å². The van der Waals surface area contributed by atoms with E-state index in [0.717, 1.165) is 16.9 Å². The Morgan fingerprint density at radius 2 is 1.67 bits per heavy atom. The molecule has 0 aliphatic rings. The fourth-order valence-corrected chi connectivity index (χ4v) is 2.56. The highest BCUT2D eigenvalue weighted by Gasteiger charge is 2.15. The quantitative estimate of drug-likeness (QED) is 0.783. The minimum absolute atomic E-state index is 0.0436. The fraction of sp³-hybridized carbons (Fsp3) is 0.350. The molecule has 4 heteroatoms. The number of rotatable bonds is 8. The van der Waals surface area contributed by atoms with Crippen LogP contribution in [-0.2, 0) is 17.6 Å². The second kappa shape index (κ2) is 9.08. The average Bonchev–Trinajstić information content (AvgIpc) is 2.61. The Balaban J connectivity index is 1.76. The summed E-state index contributed by atoms with van der Waals surface area (Å²) in [5.41, 5.74) is 2.15. The van der Waals surface area contributed by atoms with Gasteiger partial charge in [0.1, 0.15) is 5.75 Å². The second-order valence-corrected chi connectivity index (χ2v) is 6.04. The van der Waals surface area contributed by atoms with Crippen LogP contribution in [0.1, 0.15) is 18.1 Å². The molecule has 2 N–H and O–H groups in total. The minimum Gasteiger partial charge on any atom is -0.497 e. The van der Waals surface area contributed by atoms with Crippen molar-refractivity contribution >= 4 is 5.91 Å². The van der Waals surface area contributed by atoms with E-state index in [1.165, 1.54) is 0 Å². The van der Waals surface area contributed by atoms with Gasteiger partial charge < -0.3 is 15.2 Å². The minimum atomic E-state index is -0.579. The number of nitrogens with one attached hydrogen (secondary N) is 1. The number of hydrogen-bond acceptors (Lipinski definition) is 3. The lowest BCUT2D eigenvalue weighted by atomic mass is 10.00. The molecular formula is C20H25NO3. The van der Waals surface area contributed by atoms with Crippen LogP contribution in [0.3, 0.4) is 0 Å². The monoisotopic (exact) mass is 327 g/mol. The molecule has 0 heterocycles. The van der Waals surface area contributed by atoms with Crippen molar-refractivity contribution in [2.45, 2.75) is 25.9 Å². The van der Waals surface area contributed by atoms with Crippen LogP contribution in [0.2, 0.25) is 0 Å². The Morgan fingerprint density at radius 3 is 2.29 bits per heavy atom. The first-order chi connectivity index (χ1) is 11.6. The average molecular weight is 327 g/mol. The van der Waals surface area contributed by atoms with Gasteiger partial charge in [-0.25, -0.2) is 0 Å². The maximum atomic E-state index is 12.2. The van der Waals surface area contributed by atoms with Gasteiger partial charge in [-0.15, -0.1) is 0 Å². The van der Waals surface area contributed by atoms with Gasteiger partial charge in [-0.05, 0) is 29.7 Å². The highest BCUT2D eigenvalue weighted by Crippen LogP contribution is 2.14. The van der Waals surface area contributed by atoms with Crippen LogP contribution in [0.4, 0.5) is 0 Å². The lowest BCUT2D eigenvalue weighted by Gasteiger charge is -2.15. The molecule has 24 heavy (non-hydrogen) atoms. The number of ether oxygens (including phenoxy) is 1. The van der Waals surface area contributed by atoms with Crippen LogP contribution in [-0.4, -0.2) is 30.8 Å². The summed E-state index contributed by atoms with van der Waals surface area (Å²) in [5, 5.41) is 12.9. The number of carbonyl (C=O) groups is 1. The largest absolute Gasteiger partial charge is 0.497 e. The zero-order valence-corrected chi connectivity index (χ0v) is 14.2. The summed E-state index contributed by atoms with van der Waals surface area (Å²) in [6.45, 7) is 2.16. The van der Waals surface area contributed by atoms with E-state index in [2.05, 4.69) is 5.32 Å². The highest BCUT2D eigenvalue weighted by molar-refractivity contribution is 5.78. The van der Waals surface area contributed by atoms with Crippen molar-refractivity contribution in [3.63, 3.8) is 0 Å². The van der Waals surface area contributed by atoms with Gasteiger partial charge in [0.25, 0.3) is 0 Å². The third-order valence-electron chi connectivity index (χ3n) is 3.97. The summed E-state index contributed by atoms with van der Waals surface area (Å²) in [6, 6.07) is 17.5. The van der Waals surface area contributed by atoms with Gasteiger partial charge in [0.2, 0.25) is 5.91 Å². The number of aliphatic hydroxyl groups is 1. The smallest absolute Gasteiger partial charge is 0.223 e. The molecule has 0 radical (unpaired) electrons. The summed E-state index contributed by atoms with van der Waals surface area (Å²) in [5.74, 6) is 0.611. The summed E-state index contributed by atoms with van der Waals surface area (Å²) in [6.07, 6.45) is 0.614. The highest BCUT2D eigenvalue weighted by atomic mass is 16.5. The van der Waals surface area contributed by atoms with Gasteiger partial charge in [-0.1, -0.05) is 49.4 Å². The van der Waals surface area contributed by atoms with Crippen molar-refractivity contribution in [1.29, 1.82) is 0 Å². The Hall–Kier alpha value is -2.33. The Morgan fingerprint density at radius 1 is 1.04 bits per heavy atom. The van der Waals surface area contributed by atoms with E-state index in [1.807, 2.05) is 61.5 Å². The third kappa shape index (κ3) is 5.70. The lowest BCUT2D eigenvalue weighted by Crippen LogP contribution is -2.36. The van der Waals surface area contributed by atoms with E-state index < -0.39 is 6.10 Å². The van der Waals surface area contributed by atoms with Gasteiger partial charge in [0, 0.05) is 18.9 Å². The van der Waals surface area contributed by atoms with Crippen molar-refractivity contribution in [1.82, 2.24) is 5.32 Å². The number of methoxy groups -OCH3 is 1. The van der Waals surface area contributed by atoms with Crippen LogP contribution in [0.25, 0.3) is 0 Å². The van der Waals surface area contributed by atoms with E-state index in [9.17, 15) is 9.90 Å². The van der Waals surface area contributed by atoms with Crippen LogP contribution in [0, 0.1) is 5.92 Å². The molecule has 2 aromatic carbocycles. The molecule has 0 aliphatic heterocycles. The van der Waals surface area contributed by atoms with Crippen molar-refractivity contribution in [2.75, 3.05) is 13.7 Å². The zero-order valence-electron chi connectivity index (χ0n) is 14.2. The summed E-state index contributed by atoms with van der Waals surface area (Å²) >= 11 is 0. The molecule has 0 aromatic heterocycles. The standard InChI is InChI=1S/C20H25NO3/c1-15(12-17-8-10-19(24-2)11-9-17)20(23)21-14-18(22)13-16-6-4-3-5-7-16/h3-11,15,18,22H,12-14H2,1-2H3,(H,21,23). The fourth-order valence-electron chi connectivity index (χ4n) is 2.56. The second-order valence-electron chi connectivity index (χ2n) is 6.04. The van der Waals surface area contributed by atoms with Crippen molar-refractivity contribution < 1.29 is 14.6 Å². The van der Waals surface area contributed by atoms with Gasteiger partial charge in [0.05, 0.1) is 13.2 Å². The first-order valence-corrected chi connectivity index (χ1v) is 8.21. The predicted molar refractivity (Wildman–Crippen MR) is 95.0 cm³/mol. The first-order valence-electron chi connectivity index (χ1n) is 8.21. The Labute approximate surface area is 143 Å². The molecule has 2 rings (SSSR count). The summed E-state index contributed by atoms with van der Waals surface area (Å²) in [4.78, 5) is 12.2. The van der Waals surface area contributed by atoms with Gasteiger partial charge in [0.15, 0.2) is 0 Å². The number of carbonyl (C=O) groups excluding carboxylic acids is 1. The molecule has 0 saturated heterocycles. The molecule has 4 nitrogen and oxygen atoms in total. The SMILES string of the molecule is COc1ccc(CC(C)C(=O)NCC(O)Cc2ccccc2)cc1. The molecule has 1 amide bonds. The lowest BCUT2D eigenvalue weighted by molar-refractivity contribution is -0.124. The van der Waals surface area contributed by atoms with E-state index >= 15 is 0 Å². The molecule has 0 bridgehead atoms. The maximum absolute atomic E-state index is 12.2. The zero-order chi connectivity index (χ0) is 17.4. The number of amides is 1. The maximum Gasteiger partial charge on any atom is 0.223 e. The van der Waals surface area contributed by atoms with E-state index in [0.29, 0.717) is 12.8 Å².